The van der Waals surface area contributed by atoms with Crippen molar-refractivity contribution < 1.29 is 18.3 Å². The molecular weight excluding hydrogens is 278 g/mol. The molecule has 0 atom stereocenters. The zero-order valence-electron chi connectivity index (χ0n) is 11.6. The Bertz CT molecular complexity index is 565. The molecule has 0 radical (unpaired) electrons. The second-order valence-electron chi connectivity index (χ2n) is 4.32. The summed E-state index contributed by atoms with van der Waals surface area (Å²) in [7, 11) is 1.41. The first-order valence-corrected chi connectivity index (χ1v) is 6.40. The molecule has 2 aromatic rings. The summed E-state index contributed by atoms with van der Waals surface area (Å²) in [6, 6.07) is 8.78. The molecule has 2 rings (SSSR count). The normalized spacial score (nSPS) is 10.7. The van der Waals surface area contributed by atoms with Crippen molar-refractivity contribution in [3.8, 4) is 11.5 Å². The van der Waals surface area contributed by atoms with Crippen molar-refractivity contribution in [1.82, 2.24) is 10.3 Å². The Labute approximate surface area is 121 Å². The van der Waals surface area contributed by atoms with Crippen molar-refractivity contribution >= 4 is 0 Å². The lowest BCUT2D eigenvalue weighted by Crippen LogP contribution is -2.13. The Kier molecular flexibility index (Phi) is 5.45. The number of hydrogen-bond donors (Lipinski definition) is 1. The second-order valence-corrected chi connectivity index (χ2v) is 4.32. The van der Waals surface area contributed by atoms with Crippen molar-refractivity contribution in [2.24, 2.45) is 0 Å². The predicted octanol–water partition coefficient (Wildman–Crippen LogP) is 2.98. The van der Waals surface area contributed by atoms with Gasteiger partial charge in [0.25, 0.3) is 0 Å². The first-order valence-electron chi connectivity index (χ1n) is 6.40. The molecule has 0 spiro atoms. The van der Waals surface area contributed by atoms with E-state index in [1.165, 1.54) is 7.11 Å². The van der Waals surface area contributed by atoms with Gasteiger partial charge in [-0.2, -0.15) is 8.78 Å². The molecule has 0 aliphatic heterocycles. The fourth-order valence-corrected chi connectivity index (χ4v) is 1.87. The number of hydrogen-bond acceptors (Lipinski definition) is 4. The molecule has 4 nitrogen and oxygen atoms in total. The van der Waals surface area contributed by atoms with Crippen LogP contribution in [0.3, 0.4) is 0 Å². The van der Waals surface area contributed by atoms with Crippen LogP contribution in [-0.4, -0.2) is 18.7 Å². The van der Waals surface area contributed by atoms with Crippen LogP contribution >= 0.6 is 0 Å². The van der Waals surface area contributed by atoms with E-state index in [-0.39, 0.29) is 11.5 Å². The molecule has 1 aromatic heterocycles. The lowest BCUT2D eigenvalue weighted by Gasteiger charge is -2.12. The highest BCUT2D eigenvalue weighted by Gasteiger charge is 2.11. The van der Waals surface area contributed by atoms with E-state index in [1.54, 1.807) is 30.6 Å². The fourth-order valence-electron chi connectivity index (χ4n) is 1.87. The minimum Gasteiger partial charge on any atom is -0.493 e. The fraction of sp³-hybridized carbons (Fsp3) is 0.267. The van der Waals surface area contributed by atoms with Crippen LogP contribution in [0, 0.1) is 0 Å². The van der Waals surface area contributed by atoms with E-state index in [9.17, 15) is 8.78 Å². The molecule has 0 fully saturated rings. The van der Waals surface area contributed by atoms with E-state index < -0.39 is 6.61 Å². The lowest BCUT2D eigenvalue weighted by atomic mass is 10.2. The van der Waals surface area contributed by atoms with E-state index in [0.717, 1.165) is 11.1 Å². The van der Waals surface area contributed by atoms with Crippen LogP contribution in [0.2, 0.25) is 0 Å². The number of ether oxygens (including phenoxy) is 2. The first kappa shape index (κ1) is 15.2. The minimum absolute atomic E-state index is 0.0377. The Morgan fingerprint density at radius 2 is 1.76 bits per heavy atom. The van der Waals surface area contributed by atoms with E-state index >= 15 is 0 Å². The van der Waals surface area contributed by atoms with Gasteiger partial charge in [0.1, 0.15) is 0 Å². The Morgan fingerprint density at radius 3 is 2.43 bits per heavy atom. The maximum atomic E-state index is 12.3. The van der Waals surface area contributed by atoms with Crippen LogP contribution in [0.5, 0.6) is 11.5 Å². The average molecular weight is 294 g/mol. The number of methoxy groups -OCH3 is 1. The van der Waals surface area contributed by atoms with Gasteiger partial charge in [0.2, 0.25) is 0 Å². The average Bonchev–Trinajstić information content (AvgIpc) is 2.48. The summed E-state index contributed by atoms with van der Waals surface area (Å²) in [5.41, 5.74) is 1.93. The first-order chi connectivity index (χ1) is 10.2. The van der Waals surface area contributed by atoms with Gasteiger partial charge in [-0.05, 0) is 35.4 Å². The third-order valence-corrected chi connectivity index (χ3v) is 2.85. The Balaban J connectivity index is 1.96. The van der Waals surface area contributed by atoms with E-state index in [2.05, 4.69) is 15.0 Å². The molecule has 0 unspecified atom stereocenters. The molecule has 21 heavy (non-hydrogen) atoms. The van der Waals surface area contributed by atoms with Gasteiger partial charge in [0, 0.05) is 25.5 Å². The van der Waals surface area contributed by atoms with E-state index in [1.807, 2.05) is 12.1 Å². The molecule has 1 aromatic carbocycles. The third kappa shape index (κ3) is 4.68. The molecule has 6 heteroatoms. The summed E-state index contributed by atoms with van der Waals surface area (Å²) >= 11 is 0. The number of rotatable bonds is 7. The predicted molar refractivity (Wildman–Crippen MR) is 74.4 cm³/mol. The zero-order valence-corrected chi connectivity index (χ0v) is 11.6. The summed E-state index contributed by atoms with van der Waals surface area (Å²) in [5, 5.41) is 3.22. The lowest BCUT2D eigenvalue weighted by molar-refractivity contribution is -0.0512. The number of nitrogens with zero attached hydrogens (tertiary/aromatic N) is 1. The van der Waals surface area contributed by atoms with Crippen molar-refractivity contribution in [3.63, 3.8) is 0 Å². The second kappa shape index (κ2) is 7.54. The summed E-state index contributed by atoms with van der Waals surface area (Å²) in [6.07, 6.45) is 3.44. The number of aromatic nitrogens is 1. The molecule has 0 saturated carbocycles. The third-order valence-electron chi connectivity index (χ3n) is 2.85. The summed E-state index contributed by atoms with van der Waals surface area (Å²) in [4.78, 5) is 3.94. The van der Waals surface area contributed by atoms with Crippen LogP contribution in [0.25, 0.3) is 0 Å². The minimum atomic E-state index is -2.88. The van der Waals surface area contributed by atoms with Crippen LogP contribution < -0.4 is 14.8 Å². The summed E-state index contributed by atoms with van der Waals surface area (Å²) in [6.45, 7) is -1.68. The van der Waals surface area contributed by atoms with Crippen LogP contribution in [0.15, 0.2) is 42.7 Å². The van der Waals surface area contributed by atoms with Crippen LogP contribution in [0.4, 0.5) is 8.78 Å². The van der Waals surface area contributed by atoms with Gasteiger partial charge in [0.05, 0.1) is 7.11 Å². The number of benzene rings is 1. The van der Waals surface area contributed by atoms with Gasteiger partial charge in [-0.1, -0.05) is 6.07 Å². The molecule has 0 amide bonds. The molecule has 0 saturated heterocycles. The maximum Gasteiger partial charge on any atom is 0.387 e. The smallest absolute Gasteiger partial charge is 0.387 e. The summed E-state index contributed by atoms with van der Waals surface area (Å²) < 4.78 is 34.1. The van der Waals surface area contributed by atoms with Gasteiger partial charge in [0.15, 0.2) is 11.5 Å². The number of nitrogens with one attached hydrogen (secondary N) is 1. The van der Waals surface area contributed by atoms with Crippen molar-refractivity contribution in [3.05, 3.63) is 53.9 Å². The van der Waals surface area contributed by atoms with Crippen molar-refractivity contribution in [2.45, 2.75) is 19.7 Å². The van der Waals surface area contributed by atoms with Crippen LogP contribution in [-0.2, 0) is 13.1 Å². The molecule has 1 heterocycles. The molecule has 112 valence electrons. The number of pyridine rings is 1. The molecule has 0 aliphatic rings. The highest BCUT2D eigenvalue weighted by Crippen LogP contribution is 2.29. The SMILES string of the molecule is COc1ccc(CNCc2ccncc2)cc1OC(F)F. The Morgan fingerprint density at radius 1 is 1.05 bits per heavy atom. The molecule has 1 N–H and O–H groups in total. The monoisotopic (exact) mass is 294 g/mol. The highest BCUT2D eigenvalue weighted by atomic mass is 19.3. The van der Waals surface area contributed by atoms with Crippen molar-refractivity contribution in [2.75, 3.05) is 7.11 Å². The quantitative estimate of drug-likeness (QED) is 0.852. The van der Waals surface area contributed by atoms with Gasteiger partial charge in [-0.3, -0.25) is 4.98 Å². The number of halogens is 2. The summed E-state index contributed by atoms with van der Waals surface area (Å²) in [5.74, 6) is 0.323. The van der Waals surface area contributed by atoms with Crippen molar-refractivity contribution in [1.29, 1.82) is 0 Å². The van der Waals surface area contributed by atoms with Crippen LogP contribution in [0.1, 0.15) is 11.1 Å². The molecule has 0 bridgehead atoms. The van der Waals surface area contributed by atoms with Gasteiger partial charge >= 0.3 is 6.61 Å². The largest absolute Gasteiger partial charge is 0.493 e. The number of alkyl halides is 2. The molecule has 0 aliphatic carbocycles. The van der Waals surface area contributed by atoms with Gasteiger partial charge < -0.3 is 14.8 Å². The zero-order chi connectivity index (χ0) is 15.1. The highest BCUT2D eigenvalue weighted by molar-refractivity contribution is 5.43. The molecular formula is C15H16F2N2O2. The van der Waals surface area contributed by atoms with E-state index in [0.29, 0.717) is 13.1 Å². The standard InChI is InChI=1S/C15H16F2N2O2/c1-20-13-3-2-12(8-14(13)21-15(16)17)10-19-9-11-4-6-18-7-5-11/h2-8,15,19H,9-10H2,1H3. The van der Waals surface area contributed by atoms with Gasteiger partial charge in [-0.25, -0.2) is 0 Å². The van der Waals surface area contributed by atoms with E-state index in [4.69, 9.17) is 4.74 Å². The Hall–Kier alpha value is -2.21. The topological polar surface area (TPSA) is 43.4 Å². The van der Waals surface area contributed by atoms with Gasteiger partial charge in [-0.15, -0.1) is 0 Å². The maximum absolute atomic E-state index is 12.3.